The van der Waals surface area contributed by atoms with Crippen LogP contribution in [0.5, 0.6) is 0 Å². The predicted octanol–water partition coefficient (Wildman–Crippen LogP) is 9.32. The van der Waals surface area contributed by atoms with Gasteiger partial charge in [0.15, 0.2) is 0 Å². The lowest BCUT2D eigenvalue weighted by Gasteiger charge is -2.28. The molecule has 0 amide bonds. The predicted molar refractivity (Wildman–Crippen MR) is 171 cm³/mol. The first-order valence-corrected chi connectivity index (χ1v) is 14.6. The standard InChI is InChI=1S/C39H46/c1-24-19-29(38(6,7)8)22-31(24)35-34-21-27-20-28(37(3,4)5)17-18-30(27)33(34)23-32(36(35)39(9,10)11)25(2)26-15-13-12-14-16-26/h12-24H,1-11H3. The average Bonchev–Trinajstić information content (AvgIpc) is 3.41. The van der Waals surface area contributed by atoms with E-state index in [-0.39, 0.29) is 16.2 Å². The van der Waals surface area contributed by atoms with Crippen molar-refractivity contribution in [2.24, 2.45) is 11.3 Å². The Morgan fingerprint density at radius 2 is 1.36 bits per heavy atom. The van der Waals surface area contributed by atoms with Gasteiger partial charge in [0.1, 0.15) is 0 Å². The van der Waals surface area contributed by atoms with E-state index in [1.807, 2.05) is 0 Å². The summed E-state index contributed by atoms with van der Waals surface area (Å²) in [5.74, 6) is 0.374. The molecule has 0 radical (unpaired) electrons. The molecule has 0 fully saturated rings. The Hall–Kier alpha value is -3.12. The number of benzene rings is 3. The molecule has 0 saturated carbocycles. The minimum Gasteiger partial charge on any atom is -0.0735 e. The van der Waals surface area contributed by atoms with Gasteiger partial charge in [0.25, 0.3) is 0 Å². The summed E-state index contributed by atoms with van der Waals surface area (Å²) in [6.07, 6.45) is 7.48. The summed E-state index contributed by atoms with van der Waals surface area (Å²) < 4.78 is 0. The maximum absolute atomic E-state index is 2.51. The van der Waals surface area contributed by atoms with Crippen molar-refractivity contribution < 1.29 is 0 Å². The summed E-state index contributed by atoms with van der Waals surface area (Å²) in [5, 5.41) is 2.77. The highest BCUT2D eigenvalue weighted by atomic mass is 14.4. The Labute approximate surface area is 236 Å². The van der Waals surface area contributed by atoms with Gasteiger partial charge in [-0.05, 0) is 101 Å². The van der Waals surface area contributed by atoms with Gasteiger partial charge in [-0.3, -0.25) is 0 Å². The van der Waals surface area contributed by atoms with Crippen molar-refractivity contribution in [3.63, 3.8) is 0 Å². The van der Waals surface area contributed by atoms with E-state index < -0.39 is 0 Å². The third-order valence-electron chi connectivity index (χ3n) is 8.62. The molecule has 0 bridgehead atoms. The highest BCUT2D eigenvalue weighted by molar-refractivity contribution is 5.90. The zero-order valence-corrected chi connectivity index (χ0v) is 26.0. The summed E-state index contributed by atoms with van der Waals surface area (Å²) in [4.78, 5) is 0. The van der Waals surface area contributed by atoms with E-state index in [1.165, 1.54) is 66.1 Å². The van der Waals surface area contributed by atoms with Gasteiger partial charge in [-0.1, -0.05) is 130 Å². The minimum atomic E-state index is -0.0278. The van der Waals surface area contributed by atoms with Gasteiger partial charge in [-0.25, -0.2) is 0 Å². The normalized spacial score (nSPS) is 17.8. The Morgan fingerprint density at radius 3 is 1.92 bits per heavy atom. The maximum Gasteiger partial charge on any atom is 0.000195 e. The van der Waals surface area contributed by atoms with Gasteiger partial charge in [-0.15, -0.1) is 0 Å². The lowest BCUT2D eigenvalue weighted by molar-refractivity contribution is 0.516. The van der Waals surface area contributed by atoms with Gasteiger partial charge in [0.2, 0.25) is 0 Å². The van der Waals surface area contributed by atoms with Gasteiger partial charge in [0, 0.05) is 5.92 Å². The van der Waals surface area contributed by atoms with E-state index in [4.69, 9.17) is 0 Å². The van der Waals surface area contributed by atoms with Gasteiger partial charge >= 0.3 is 0 Å². The highest BCUT2D eigenvalue weighted by Crippen LogP contribution is 2.43. The van der Waals surface area contributed by atoms with Crippen LogP contribution in [-0.2, 0) is 10.8 Å². The van der Waals surface area contributed by atoms with Crippen LogP contribution in [0.4, 0.5) is 0 Å². The fourth-order valence-electron chi connectivity index (χ4n) is 6.31. The van der Waals surface area contributed by atoms with E-state index in [1.54, 1.807) is 0 Å². The Morgan fingerprint density at radius 1 is 0.692 bits per heavy atom. The van der Waals surface area contributed by atoms with Crippen LogP contribution in [0.3, 0.4) is 0 Å². The van der Waals surface area contributed by atoms with Crippen LogP contribution in [0.1, 0.15) is 104 Å². The second-order valence-corrected chi connectivity index (χ2v) is 14.8. The van der Waals surface area contributed by atoms with Gasteiger partial charge in [-0.2, -0.15) is 0 Å². The Bertz CT molecular complexity index is 1630. The molecule has 2 aliphatic carbocycles. The number of hydrogen-bond donors (Lipinski definition) is 0. The quantitative estimate of drug-likeness (QED) is 0.250. The largest absolute Gasteiger partial charge is 0.0735 e. The van der Waals surface area contributed by atoms with Crippen LogP contribution in [0.2, 0.25) is 0 Å². The Balaban J connectivity index is 1.94. The van der Waals surface area contributed by atoms with Crippen LogP contribution in [-0.4, -0.2) is 0 Å². The van der Waals surface area contributed by atoms with E-state index >= 15 is 0 Å². The molecule has 0 saturated heterocycles. The van der Waals surface area contributed by atoms with E-state index in [9.17, 15) is 0 Å². The van der Waals surface area contributed by atoms with Crippen LogP contribution < -0.4 is 10.4 Å². The second kappa shape index (κ2) is 9.22. The van der Waals surface area contributed by atoms with Gasteiger partial charge < -0.3 is 0 Å². The number of rotatable bonds is 2. The lowest BCUT2D eigenvalue weighted by Crippen LogP contribution is -2.32. The van der Waals surface area contributed by atoms with Crippen LogP contribution in [0, 0.1) is 11.3 Å². The van der Waals surface area contributed by atoms with E-state index in [0.29, 0.717) is 5.92 Å². The summed E-state index contributed by atoms with van der Waals surface area (Å²) in [5.41, 5.74) is 14.1. The molecule has 202 valence electrons. The van der Waals surface area contributed by atoms with Crippen molar-refractivity contribution in [1.82, 2.24) is 0 Å². The maximum atomic E-state index is 2.51. The average molecular weight is 515 g/mol. The Kier molecular flexibility index (Phi) is 6.49. The molecule has 0 heteroatoms. The smallest absolute Gasteiger partial charge is 0.000195 e. The van der Waals surface area contributed by atoms with Crippen molar-refractivity contribution in [3.8, 4) is 11.1 Å². The van der Waals surface area contributed by atoms with Crippen molar-refractivity contribution in [2.45, 2.75) is 87.0 Å². The highest BCUT2D eigenvalue weighted by Gasteiger charge is 2.32. The molecule has 0 aliphatic heterocycles. The lowest BCUT2D eigenvalue weighted by atomic mass is 9.76. The van der Waals surface area contributed by atoms with Gasteiger partial charge in [0.05, 0.1) is 0 Å². The molecule has 0 aromatic heterocycles. The first-order chi connectivity index (χ1) is 18.1. The molecular formula is C39H46. The number of fused-ring (bicyclic) bond motifs is 3. The second-order valence-electron chi connectivity index (χ2n) is 14.8. The van der Waals surface area contributed by atoms with Crippen molar-refractivity contribution in [2.75, 3.05) is 0 Å². The molecule has 0 N–H and O–H groups in total. The SMILES string of the molecule is CC(c1ccccc1)=c1cc2c(c(C3=CC(C(C)(C)C)=CC3C)c1C(C)(C)C)=Cc1cc(C(C)(C)C)ccc1-2. The fraction of sp³-hybridized carbons (Fsp3) is 0.385. The summed E-state index contributed by atoms with van der Waals surface area (Å²) in [7, 11) is 0. The molecule has 0 spiro atoms. The molecule has 39 heavy (non-hydrogen) atoms. The van der Waals surface area contributed by atoms with Crippen molar-refractivity contribution >= 4 is 17.2 Å². The van der Waals surface area contributed by atoms with Crippen molar-refractivity contribution in [3.05, 3.63) is 111 Å². The molecule has 2 aliphatic rings. The molecule has 1 unspecified atom stereocenters. The van der Waals surface area contributed by atoms with Crippen LogP contribution in [0.25, 0.3) is 28.3 Å². The molecule has 1 atom stereocenters. The number of hydrogen-bond acceptors (Lipinski definition) is 0. The van der Waals surface area contributed by atoms with Crippen molar-refractivity contribution in [1.29, 1.82) is 0 Å². The minimum absolute atomic E-state index is 0.0278. The molecule has 0 nitrogen and oxygen atoms in total. The zero-order chi connectivity index (χ0) is 28.5. The zero-order valence-electron chi connectivity index (χ0n) is 26.0. The van der Waals surface area contributed by atoms with Crippen LogP contribution in [0.15, 0.2) is 72.3 Å². The molecule has 3 aromatic carbocycles. The van der Waals surface area contributed by atoms with Crippen LogP contribution >= 0.6 is 0 Å². The number of allylic oxidation sites excluding steroid dienone is 4. The third-order valence-corrected chi connectivity index (χ3v) is 8.62. The first kappa shape index (κ1) is 27.4. The van der Waals surface area contributed by atoms with E-state index in [0.717, 1.165) is 0 Å². The summed E-state index contributed by atoms with van der Waals surface area (Å²) >= 11 is 0. The topological polar surface area (TPSA) is 0 Å². The van der Waals surface area contributed by atoms with E-state index in [2.05, 4.69) is 149 Å². The monoisotopic (exact) mass is 514 g/mol. The first-order valence-electron chi connectivity index (χ1n) is 14.6. The summed E-state index contributed by atoms with van der Waals surface area (Å²) in [6.45, 7) is 25.8. The molecular weight excluding hydrogens is 468 g/mol. The molecule has 3 aromatic rings. The molecule has 5 rings (SSSR count). The fourth-order valence-corrected chi connectivity index (χ4v) is 6.31. The molecule has 0 heterocycles. The third kappa shape index (κ3) is 4.88. The summed E-state index contributed by atoms with van der Waals surface area (Å²) in [6, 6.07) is 20.5.